The SMILES string of the molecule is COC(=O)c1cc(C(N)C(=O)OC(C)(C)C)ccc1[N+](=O)[O-]. The van der Waals surface area contributed by atoms with E-state index in [0.717, 1.165) is 13.2 Å². The van der Waals surface area contributed by atoms with Gasteiger partial charge in [0.1, 0.15) is 17.2 Å². The van der Waals surface area contributed by atoms with Crippen LogP contribution in [0.5, 0.6) is 0 Å². The lowest BCUT2D eigenvalue weighted by molar-refractivity contribution is -0.385. The Kier molecular flexibility index (Phi) is 5.21. The molecule has 8 heteroatoms. The van der Waals surface area contributed by atoms with Crippen LogP contribution in [0.25, 0.3) is 0 Å². The average Bonchev–Trinajstić information content (AvgIpc) is 2.42. The van der Waals surface area contributed by atoms with Crippen molar-refractivity contribution >= 4 is 17.6 Å². The first-order valence-electron chi connectivity index (χ1n) is 6.42. The lowest BCUT2D eigenvalue weighted by atomic mass is 10.0. The standard InChI is InChI=1S/C14H18N2O6/c1-14(2,3)22-13(18)11(15)8-5-6-10(16(19)20)9(7-8)12(17)21-4/h5-7,11H,15H2,1-4H3. The zero-order chi connectivity index (χ0) is 17.1. The van der Waals surface area contributed by atoms with Crippen molar-refractivity contribution in [2.24, 2.45) is 5.73 Å². The molecular weight excluding hydrogens is 292 g/mol. The topological polar surface area (TPSA) is 122 Å². The fourth-order valence-electron chi connectivity index (χ4n) is 1.68. The second-order valence-electron chi connectivity index (χ2n) is 5.54. The van der Waals surface area contributed by atoms with Gasteiger partial charge in [-0.2, -0.15) is 0 Å². The Morgan fingerprint density at radius 2 is 1.91 bits per heavy atom. The Balaban J connectivity index is 3.18. The number of nitro groups is 1. The second-order valence-corrected chi connectivity index (χ2v) is 5.54. The first-order valence-corrected chi connectivity index (χ1v) is 6.42. The molecule has 1 rings (SSSR count). The fourth-order valence-corrected chi connectivity index (χ4v) is 1.68. The minimum atomic E-state index is -1.16. The highest BCUT2D eigenvalue weighted by Crippen LogP contribution is 2.25. The molecule has 0 fully saturated rings. The van der Waals surface area contributed by atoms with E-state index < -0.39 is 34.2 Å². The van der Waals surface area contributed by atoms with E-state index in [1.807, 2.05) is 0 Å². The Morgan fingerprint density at radius 3 is 2.36 bits per heavy atom. The van der Waals surface area contributed by atoms with E-state index in [1.54, 1.807) is 20.8 Å². The van der Waals surface area contributed by atoms with Crippen LogP contribution in [0.1, 0.15) is 42.7 Å². The molecule has 22 heavy (non-hydrogen) atoms. The van der Waals surface area contributed by atoms with E-state index >= 15 is 0 Å². The van der Waals surface area contributed by atoms with Crippen molar-refractivity contribution in [3.05, 3.63) is 39.4 Å². The molecule has 120 valence electrons. The van der Waals surface area contributed by atoms with Crippen molar-refractivity contribution in [1.82, 2.24) is 0 Å². The lowest BCUT2D eigenvalue weighted by Crippen LogP contribution is -2.31. The quantitative estimate of drug-likeness (QED) is 0.510. The van der Waals surface area contributed by atoms with Crippen molar-refractivity contribution in [2.45, 2.75) is 32.4 Å². The summed E-state index contributed by atoms with van der Waals surface area (Å²) in [4.78, 5) is 33.8. The molecule has 0 aliphatic carbocycles. The number of hydrogen-bond acceptors (Lipinski definition) is 7. The van der Waals surface area contributed by atoms with Gasteiger partial charge in [-0.1, -0.05) is 0 Å². The molecule has 0 radical (unpaired) electrons. The van der Waals surface area contributed by atoms with E-state index in [0.29, 0.717) is 0 Å². The highest BCUT2D eigenvalue weighted by molar-refractivity contribution is 5.94. The van der Waals surface area contributed by atoms with Crippen molar-refractivity contribution in [1.29, 1.82) is 0 Å². The van der Waals surface area contributed by atoms with Crippen LogP contribution in [0.2, 0.25) is 0 Å². The maximum atomic E-state index is 11.9. The van der Waals surface area contributed by atoms with Crippen molar-refractivity contribution in [3.8, 4) is 0 Å². The Hall–Kier alpha value is -2.48. The van der Waals surface area contributed by atoms with Gasteiger partial charge in [-0.3, -0.25) is 10.1 Å². The maximum Gasteiger partial charge on any atom is 0.344 e. The number of hydrogen-bond donors (Lipinski definition) is 1. The number of nitro benzene ring substituents is 1. The van der Waals surface area contributed by atoms with Gasteiger partial charge in [0.05, 0.1) is 12.0 Å². The van der Waals surface area contributed by atoms with E-state index in [-0.39, 0.29) is 11.1 Å². The third-order valence-corrected chi connectivity index (χ3v) is 2.64. The highest BCUT2D eigenvalue weighted by Gasteiger charge is 2.27. The number of methoxy groups -OCH3 is 1. The maximum absolute atomic E-state index is 11.9. The Labute approximate surface area is 127 Å². The Bertz CT molecular complexity index is 606. The minimum Gasteiger partial charge on any atom is -0.465 e. The summed E-state index contributed by atoms with van der Waals surface area (Å²) in [6, 6.07) is 2.41. The van der Waals surface area contributed by atoms with Crippen molar-refractivity contribution in [2.75, 3.05) is 7.11 Å². The van der Waals surface area contributed by atoms with Gasteiger partial charge < -0.3 is 15.2 Å². The molecule has 0 heterocycles. The van der Waals surface area contributed by atoms with Crippen LogP contribution in [0.3, 0.4) is 0 Å². The average molecular weight is 310 g/mol. The van der Waals surface area contributed by atoms with Crippen LogP contribution in [0.4, 0.5) is 5.69 Å². The predicted octanol–water partition coefficient (Wildman–Crippen LogP) is 1.72. The third-order valence-electron chi connectivity index (χ3n) is 2.64. The van der Waals surface area contributed by atoms with Gasteiger partial charge >= 0.3 is 11.9 Å². The first kappa shape index (κ1) is 17.6. The molecule has 0 saturated heterocycles. The van der Waals surface area contributed by atoms with Gasteiger partial charge in [0.25, 0.3) is 5.69 Å². The van der Waals surface area contributed by atoms with Gasteiger partial charge in [0.2, 0.25) is 0 Å². The van der Waals surface area contributed by atoms with Gasteiger partial charge in [0, 0.05) is 6.07 Å². The molecule has 8 nitrogen and oxygen atoms in total. The molecule has 0 aliphatic rings. The number of ether oxygens (including phenoxy) is 2. The molecule has 0 amide bonds. The smallest absolute Gasteiger partial charge is 0.344 e. The molecule has 0 bridgehead atoms. The zero-order valence-electron chi connectivity index (χ0n) is 12.8. The number of esters is 2. The third kappa shape index (κ3) is 4.26. The lowest BCUT2D eigenvalue weighted by Gasteiger charge is -2.22. The van der Waals surface area contributed by atoms with Gasteiger partial charge in [-0.25, -0.2) is 9.59 Å². The van der Waals surface area contributed by atoms with E-state index in [2.05, 4.69) is 4.74 Å². The van der Waals surface area contributed by atoms with Gasteiger partial charge in [0.15, 0.2) is 0 Å². The normalized spacial score (nSPS) is 12.4. The number of carbonyl (C=O) groups excluding carboxylic acids is 2. The molecule has 2 N–H and O–H groups in total. The summed E-state index contributed by atoms with van der Waals surface area (Å²) < 4.78 is 9.65. The van der Waals surface area contributed by atoms with Crippen molar-refractivity contribution < 1.29 is 24.0 Å². The summed E-state index contributed by atoms with van der Waals surface area (Å²) in [7, 11) is 1.10. The van der Waals surface area contributed by atoms with Gasteiger partial charge in [-0.05, 0) is 38.5 Å². The predicted molar refractivity (Wildman–Crippen MR) is 77.2 cm³/mol. The summed E-state index contributed by atoms with van der Waals surface area (Å²) >= 11 is 0. The van der Waals surface area contributed by atoms with Crippen LogP contribution >= 0.6 is 0 Å². The summed E-state index contributed by atoms with van der Waals surface area (Å²) in [6.45, 7) is 5.06. The summed E-state index contributed by atoms with van der Waals surface area (Å²) in [5.41, 5.74) is 4.59. The molecule has 1 unspecified atom stereocenters. The monoisotopic (exact) mass is 310 g/mol. The van der Waals surface area contributed by atoms with Crippen molar-refractivity contribution in [3.63, 3.8) is 0 Å². The first-order chi connectivity index (χ1) is 10.1. The highest BCUT2D eigenvalue weighted by atomic mass is 16.6. The summed E-state index contributed by atoms with van der Waals surface area (Å²) in [6.07, 6.45) is 0. The van der Waals surface area contributed by atoms with E-state index in [9.17, 15) is 19.7 Å². The minimum absolute atomic E-state index is 0.222. The molecule has 1 atom stereocenters. The molecule has 0 saturated carbocycles. The number of nitrogens with zero attached hydrogens (tertiary/aromatic N) is 1. The van der Waals surface area contributed by atoms with Crippen LogP contribution < -0.4 is 5.73 Å². The summed E-state index contributed by atoms with van der Waals surface area (Å²) in [5.74, 6) is -1.58. The number of benzene rings is 1. The zero-order valence-corrected chi connectivity index (χ0v) is 12.8. The molecule has 0 aromatic heterocycles. The van der Waals surface area contributed by atoms with E-state index in [1.165, 1.54) is 12.1 Å². The molecule has 1 aromatic carbocycles. The van der Waals surface area contributed by atoms with E-state index in [4.69, 9.17) is 10.5 Å². The summed E-state index contributed by atoms with van der Waals surface area (Å²) in [5, 5.41) is 10.9. The largest absolute Gasteiger partial charge is 0.465 e. The van der Waals surface area contributed by atoms with Crippen LogP contribution in [0.15, 0.2) is 18.2 Å². The second kappa shape index (κ2) is 6.52. The van der Waals surface area contributed by atoms with Crippen LogP contribution in [0, 0.1) is 10.1 Å². The Morgan fingerprint density at radius 1 is 1.32 bits per heavy atom. The molecule has 0 spiro atoms. The van der Waals surface area contributed by atoms with Crippen LogP contribution in [-0.4, -0.2) is 29.6 Å². The van der Waals surface area contributed by atoms with Crippen LogP contribution in [-0.2, 0) is 14.3 Å². The molecular formula is C14H18N2O6. The number of rotatable bonds is 4. The molecule has 0 aliphatic heterocycles. The number of nitrogens with two attached hydrogens (primary N) is 1. The number of carbonyl (C=O) groups is 2. The fraction of sp³-hybridized carbons (Fsp3) is 0.429. The van der Waals surface area contributed by atoms with Gasteiger partial charge in [-0.15, -0.1) is 0 Å². The molecule has 1 aromatic rings.